The maximum Gasteiger partial charge on any atom is 0.00267 e. The van der Waals surface area contributed by atoms with Crippen LogP contribution in [0.4, 0.5) is 0 Å². The molecule has 2 aliphatic rings. The van der Waals surface area contributed by atoms with Gasteiger partial charge in [-0.3, -0.25) is 0 Å². The highest BCUT2D eigenvalue weighted by Gasteiger charge is 2.18. The van der Waals surface area contributed by atoms with Crippen LogP contribution in [0, 0.1) is 0 Å². The molecule has 0 radical (unpaired) electrons. The first-order valence-electron chi connectivity index (χ1n) is 10.9. The summed E-state index contributed by atoms with van der Waals surface area (Å²) in [4.78, 5) is 0. The lowest BCUT2D eigenvalue weighted by Gasteiger charge is -2.22. The zero-order valence-corrected chi connectivity index (χ0v) is 18.7. The van der Waals surface area contributed by atoms with Gasteiger partial charge >= 0.3 is 0 Å². The molecule has 0 saturated heterocycles. The van der Waals surface area contributed by atoms with Gasteiger partial charge in [0.05, 0.1) is 0 Å². The normalized spacial score (nSPS) is 18.5. The van der Waals surface area contributed by atoms with Crippen LogP contribution < -0.4 is 0 Å². The molecule has 0 spiro atoms. The SMILES string of the molecule is CC1=Cc2cccc3cccc(c23)C1C.CC1=Cc2cccc3cccc(c23)C1C.O. The van der Waals surface area contributed by atoms with Crippen molar-refractivity contribution in [3.05, 3.63) is 106 Å². The Morgan fingerprint density at radius 3 is 1.26 bits per heavy atom. The minimum atomic E-state index is 0. The molecule has 31 heavy (non-hydrogen) atoms. The van der Waals surface area contributed by atoms with Gasteiger partial charge in [0, 0.05) is 11.8 Å². The topological polar surface area (TPSA) is 31.5 Å². The van der Waals surface area contributed by atoms with Crippen LogP contribution in [0.3, 0.4) is 0 Å². The van der Waals surface area contributed by atoms with Gasteiger partial charge < -0.3 is 5.48 Å². The molecule has 2 atom stereocenters. The van der Waals surface area contributed by atoms with Crippen molar-refractivity contribution in [3.63, 3.8) is 0 Å². The van der Waals surface area contributed by atoms with E-state index in [1.807, 2.05) is 0 Å². The van der Waals surface area contributed by atoms with Crippen LogP contribution >= 0.6 is 0 Å². The zero-order chi connectivity index (χ0) is 20.8. The number of rotatable bonds is 0. The molecule has 1 nitrogen and oxygen atoms in total. The Morgan fingerprint density at radius 2 is 0.871 bits per heavy atom. The first-order valence-corrected chi connectivity index (χ1v) is 10.9. The molecule has 0 aliphatic heterocycles. The largest absolute Gasteiger partial charge is 0.412 e. The second-order valence-corrected chi connectivity index (χ2v) is 8.81. The van der Waals surface area contributed by atoms with E-state index in [-0.39, 0.29) is 5.48 Å². The molecule has 0 aromatic heterocycles. The van der Waals surface area contributed by atoms with E-state index >= 15 is 0 Å². The van der Waals surface area contributed by atoms with E-state index in [2.05, 4.69) is 113 Å². The Balaban J connectivity index is 0.000000144. The molecule has 2 aliphatic carbocycles. The first kappa shape index (κ1) is 21.1. The third-order valence-electron chi connectivity index (χ3n) is 7.00. The van der Waals surface area contributed by atoms with E-state index in [0.717, 1.165) is 0 Å². The van der Waals surface area contributed by atoms with Gasteiger partial charge in [0.1, 0.15) is 0 Å². The molecule has 1 heteroatoms. The molecule has 0 fully saturated rings. The van der Waals surface area contributed by atoms with Gasteiger partial charge in [-0.15, -0.1) is 0 Å². The lowest BCUT2D eigenvalue weighted by atomic mass is 9.83. The summed E-state index contributed by atoms with van der Waals surface area (Å²) in [6, 6.07) is 26.3. The Hall–Kier alpha value is -3.16. The van der Waals surface area contributed by atoms with Crippen LogP contribution in [-0.4, -0.2) is 5.48 Å². The van der Waals surface area contributed by atoms with E-state index in [4.69, 9.17) is 0 Å². The van der Waals surface area contributed by atoms with Crippen molar-refractivity contribution in [3.8, 4) is 0 Å². The fraction of sp³-hybridized carbons (Fsp3) is 0.200. The minimum absolute atomic E-state index is 0. The summed E-state index contributed by atoms with van der Waals surface area (Å²) in [6.07, 6.45) is 4.64. The summed E-state index contributed by atoms with van der Waals surface area (Å²) in [6.45, 7) is 9.02. The third kappa shape index (κ3) is 3.49. The molecule has 6 rings (SSSR count). The van der Waals surface area contributed by atoms with Crippen molar-refractivity contribution in [2.75, 3.05) is 0 Å². The van der Waals surface area contributed by atoms with Crippen molar-refractivity contribution >= 4 is 33.7 Å². The number of allylic oxidation sites excluding steroid dienone is 2. The van der Waals surface area contributed by atoms with E-state index in [1.165, 1.54) is 54.9 Å². The van der Waals surface area contributed by atoms with Gasteiger partial charge in [-0.2, -0.15) is 0 Å². The standard InChI is InChI=1S/2C15H14.H2O/c2*1-10-9-13-7-3-5-12-6-4-8-14(11(10)2)15(12)13;/h2*3-9,11H,1-2H3;1H2. The van der Waals surface area contributed by atoms with E-state index in [9.17, 15) is 0 Å². The lowest BCUT2D eigenvalue weighted by molar-refractivity contribution is 0.824. The molecule has 4 aromatic carbocycles. The van der Waals surface area contributed by atoms with Crippen molar-refractivity contribution < 1.29 is 5.48 Å². The molecule has 0 heterocycles. The average molecular weight is 407 g/mol. The van der Waals surface area contributed by atoms with Crippen LogP contribution in [0.1, 0.15) is 61.8 Å². The summed E-state index contributed by atoms with van der Waals surface area (Å²) in [5.74, 6) is 1.12. The molecule has 2 N–H and O–H groups in total. The van der Waals surface area contributed by atoms with Crippen LogP contribution in [0.5, 0.6) is 0 Å². The van der Waals surface area contributed by atoms with E-state index in [0.29, 0.717) is 11.8 Å². The monoisotopic (exact) mass is 406 g/mol. The summed E-state index contributed by atoms with van der Waals surface area (Å²) < 4.78 is 0. The summed E-state index contributed by atoms with van der Waals surface area (Å²) >= 11 is 0. The van der Waals surface area contributed by atoms with Crippen molar-refractivity contribution in [2.24, 2.45) is 0 Å². The molecular weight excluding hydrogens is 376 g/mol. The van der Waals surface area contributed by atoms with Crippen LogP contribution in [0.15, 0.2) is 83.9 Å². The van der Waals surface area contributed by atoms with Gasteiger partial charge in [0.25, 0.3) is 0 Å². The smallest absolute Gasteiger partial charge is 0.00267 e. The van der Waals surface area contributed by atoms with Crippen LogP contribution in [0.25, 0.3) is 33.7 Å². The van der Waals surface area contributed by atoms with Gasteiger partial charge in [0.2, 0.25) is 0 Å². The second-order valence-electron chi connectivity index (χ2n) is 8.81. The van der Waals surface area contributed by atoms with Gasteiger partial charge in [0.15, 0.2) is 0 Å². The summed E-state index contributed by atoms with van der Waals surface area (Å²) in [5, 5.41) is 5.61. The quantitative estimate of drug-likeness (QED) is 0.284. The molecule has 0 bridgehead atoms. The highest BCUT2D eigenvalue weighted by molar-refractivity contribution is 5.97. The first-order chi connectivity index (χ1) is 14.5. The maximum absolute atomic E-state index is 2.32. The lowest BCUT2D eigenvalue weighted by Crippen LogP contribution is -2.02. The number of benzene rings is 4. The third-order valence-corrected chi connectivity index (χ3v) is 7.00. The highest BCUT2D eigenvalue weighted by atomic mass is 16.0. The predicted molar refractivity (Wildman–Crippen MR) is 136 cm³/mol. The zero-order valence-electron chi connectivity index (χ0n) is 18.7. The number of hydrogen-bond donors (Lipinski definition) is 0. The molecule has 4 aromatic rings. The molecule has 0 saturated carbocycles. The minimum Gasteiger partial charge on any atom is -0.412 e. The predicted octanol–water partition coefficient (Wildman–Crippen LogP) is 7.90. The maximum atomic E-state index is 2.32. The fourth-order valence-corrected chi connectivity index (χ4v) is 4.99. The molecular formula is C30H30O. The molecule has 0 amide bonds. The Labute approximate surface area is 185 Å². The van der Waals surface area contributed by atoms with Crippen molar-refractivity contribution in [1.82, 2.24) is 0 Å². The number of hydrogen-bond acceptors (Lipinski definition) is 0. The van der Waals surface area contributed by atoms with Gasteiger partial charge in [-0.25, -0.2) is 0 Å². The van der Waals surface area contributed by atoms with Crippen molar-refractivity contribution in [1.29, 1.82) is 0 Å². The van der Waals surface area contributed by atoms with Crippen LogP contribution in [0.2, 0.25) is 0 Å². The molecule has 156 valence electrons. The average Bonchev–Trinajstić information content (AvgIpc) is 2.76. The highest BCUT2D eigenvalue weighted by Crippen LogP contribution is 2.39. The summed E-state index contributed by atoms with van der Waals surface area (Å²) in [5.41, 5.74) is 8.62. The Morgan fingerprint density at radius 1 is 0.516 bits per heavy atom. The van der Waals surface area contributed by atoms with E-state index < -0.39 is 0 Å². The molecule has 2 unspecified atom stereocenters. The second kappa shape index (κ2) is 8.17. The Kier molecular flexibility index (Phi) is 5.56. The fourth-order valence-electron chi connectivity index (χ4n) is 4.99. The van der Waals surface area contributed by atoms with E-state index in [1.54, 1.807) is 0 Å². The Bertz CT molecular complexity index is 1220. The van der Waals surface area contributed by atoms with Crippen molar-refractivity contribution in [2.45, 2.75) is 39.5 Å². The van der Waals surface area contributed by atoms with Crippen LogP contribution in [-0.2, 0) is 0 Å². The summed E-state index contributed by atoms with van der Waals surface area (Å²) in [7, 11) is 0. The van der Waals surface area contributed by atoms with Gasteiger partial charge in [-0.1, -0.05) is 110 Å². The van der Waals surface area contributed by atoms with Gasteiger partial charge in [-0.05, 0) is 57.6 Å².